The molecule has 0 spiro atoms. The molecular weight excluding hydrogens is 294 g/mol. The van der Waals surface area contributed by atoms with Gasteiger partial charge in [0.1, 0.15) is 5.52 Å². The van der Waals surface area contributed by atoms with Gasteiger partial charge in [-0.15, -0.1) is 0 Å². The Balaban J connectivity index is 2.16. The molecule has 0 aliphatic rings. The van der Waals surface area contributed by atoms with Crippen LogP contribution in [0.3, 0.4) is 0 Å². The minimum atomic E-state index is -3.75. The average Bonchev–Trinajstić information content (AvgIpc) is 2.79. The zero-order valence-corrected chi connectivity index (χ0v) is 12.6. The van der Waals surface area contributed by atoms with E-state index in [0.717, 1.165) is 0 Å². The first-order valence-electron chi connectivity index (χ1n) is 6.46. The number of carbonyl (C=O) groups excluding carboxylic acids is 1. The minimum absolute atomic E-state index is 0.0347. The number of hydrogen-bond acceptors (Lipinski definition) is 6. The van der Waals surface area contributed by atoms with Crippen LogP contribution in [0.1, 0.15) is 20.3 Å². The Kier molecular flexibility index (Phi) is 4.17. The van der Waals surface area contributed by atoms with Gasteiger partial charge >= 0.3 is 5.22 Å². The number of hydrogen-bond donors (Lipinski definition) is 2. The summed E-state index contributed by atoms with van der Waals surface area (Å²) < 4.78 is 29.4. The standard InChI is InChI=1S/C13H17N3O4S/c1-8(2)15-12(17)5-6-21(18,19)13-16-10-4-3-9(14)7-11(10)20-13/h3-4,7-8H,5-6,14H2,1-2H3,(H,15,17). The summed E-state index contributed by atoms with van der Waals surface area (Å²) in [4.78, 5) is 15.4. The number of fused-ring (bicyclic) bond motifs is 1. The molecule has 0 radical (unpaired) electrons. The van der Waals surface area contributed by atoms with Crippen LogP contribution < -0.4 is 11.1 Å². The van der Waals surface area contributed by atoms with Crippen LogP contribution in [-0.4, -0.2) is 31.1 Å². The topological polar surface area (TPSA) is 115 Å². The highest BCUT2D eigenvalue weighted by Crippen LogP contribution is 2.22. The van der Waals surface area contributed by atoms with Crippen LogP contribution in [0.5, 0.6) is 0 Å². The van der Waals surface area contributed by atoms with Crippen LogP contribution in [0.15, 0.2) is 27.8 Å². The summed E-state index contributed by atoms with van der Waals surface area (Å²) in [6, 6.07) is 4.66. The number of nitrogens with two attached hydrogens (primary N) is 1. The van der Waals surface area contributed by atoms with Crippen LogP contribution in [0.2, 0.25) is 0 Å². The van der Waals surface area contributed by atoms with E-state index < -0.39 is 9.84 Å². The predicted octanol–water partition coefficient (Wildman–Crippen LogP) is 1.10. The van der Waals surface area contributed by atoms with E-state index in [1.165, 1.54) is 6.07 Å². The van der Waals surface area contributed by atoms with Crippen molar-refractivity contribution in [3.8, 4) is 0 Å². The maximum Gasteiger partial charge on any atom is 0.316 e. The molecule has 0 atom stereocenters. The molecule has 1 heterocycles. The van der Waals surface area contributed by atoms with Gasteiger partial charge < -0.3 is 15.5 Å². The van der Waals surface area contributed by atoms with Crippen molar-refractivity contribution in [2.45, 2.75) is 31.5 Å². The van der Waals surface area contributed by atoms with Crippen LogP contribution in [0.4, 0.5) is 5.69 Å². The quantitative estimate of drug-likeness (QED) is 0.799. The van der Waals surface area contributed by atoms with Crippen molar-refractivity contribution in [2.75, 3.05) is 11.5 Å². The Morgan fingerprint density at radius 3 is 2.81 bits per heavy atom. The third-order valence-electron chi connectivity index (χ3n) is 2.71. The van der Waals surface area contributed by atoms with Gasteiger partial charge in [-0.1, -0.05) is 0 Å². The van der Waals surface area contributed by atoms with Crippen molar-refractivity contribution in [3.05, 3.63) is 18.2 Å². The third-order valence-corrected chi connectivity index (χ3v) is 4.15. The van der Waals surface area contributed by atoms with Crippen molar-refractivity contribution < 1.29 is 17.6 Å². The van der Waals surface area contributed by atoms with Crippen molar-refractivity contribution in [3.63, 3.8) is 0 Å². The lowest BCUT2D eigenvalue weighted by Gasteiger charge is -2.07. The second kappa shape index (κ2) is 5.72. The van der Waals surface area contributed by atoms with E-state index in [-0.39, 0.29) is 29.3 Å². The fourth-order valence-electron chi connectivity index (χ4n) is 1.76. The zero-order valence-electron chi connectivity index (χ0n) is 11.8. The van der Waals surface area contributed by atoms with E-state index in [1.807, 2.05) is 0 Å². The van der Waals surface area contributed by atoms with E-state index in [2.05, 4.69) is 10.3 Å². The number of nitrogens with one attached hydrogen (secondary N) is 1. The van der Waals surface area contributed by atoms with Gasteiger partial charge in [0.15, 0.2) is 5.58 Å². The molecule has 1 aromatic heterocycles. The molecule has 0 saturated carbocycles. The van der Waals surface area contributed by atoms with E-state index in [9.17, 15) is 13.2 Å². The van der Waals surface area contributed by atoms with Crippen molar-refractivity contribution in [1.82, 2.24) is 10.3 Å². The van der Waals surface area contributed by atoms with E-state index >= 15 is 0 Å². The normalized spacial score (nSPS) is 12.0. The number of sulfone groups is 1. The maximum absolute atomic E-state index is 12.1. The van der Waals surface area contributed by atoms with E-state index in [4.69, 9.17) is 10.2 Å². The molecule has 8 heteroatoms. The molecule has 7 nitrogen and oxygen atoms in total. The molecule has 1 aromatic carbocycles. The summed E-state index contributed by atoms with van der Waals surface area (Å²) in [5.41, 5.74) is 6.77. The SMILES string of the molecule is CC(C)NC(=O)CCS(=O)(=O)c1nc2ccc(N)cc2o1. The number of carbonyl (C=O) groups is 1. The number of aromatic nitrogens is 1. The van der Waals surface area contributed by atoms with Gasteiger partial charge in [0.05, 0.1) is 5.75 Å². The summed E-state index contributed by atoms with van der Waals surface area (Å²) in [6.45, 7) is 3.61. The summed E-state index contributed by atoms with van der Waals surface area (Å²) in [5.74, 6) is -0.678. The lowest BCUT2D eigenvalue weighted by atomic mass is 10.3. The highest BCUT2D eigenvalue weighted by Gasteiger charge is 2.23. The molecule has 0 bridgehead atoms. The molecule has 0 saturated heterocycles. The number of nitrogen functional groups attached to an aromatic ring is 1. The van der Waals surface area contributed by atoms with Crippen molar-refractivity contribution >= 4 is 32.5 Å². The van der Waals surface area contributed by atoms with Crippen molar-refractivity contribution in [1.29, 1.82) is 0 Å². The first-order valence-corrected chi connectivity index (χ1v) is 8.11. The lowest BCUT2D eigenvalue weighted by molar-refractivity contribution is -0.121. The van der Waals surface area contributed by atoms with Gasteiger partial charge in [-0.05, 0) is 26.0 Å². The number of oxazole rings is 1. The van der Waals surface area contributed by atoms with Crippen LogP contribution >= 0.6 is 0 Å². The largest absolute Gasteiger partial charge is 0.428 e. The molecule has 3 N–H and O–H groups in total. The molecule has 0 unspecified atom stereocenters. The smallest absolute Gasteiger partial charge is 0.316 e. The Hall–Kier alpha value is -2.09. The van der Waals surface area contributed by atoms with E-state index in [1.54, 1.807) is 26.0 Å². The summed E-state index contributed by atoms with van der Waals surface area (Å²) >= 11 is 0. The number of amides is 1. The Bertz CT molecular complexity index is 765. The summed E-state index contributed by atoms with van der Waals surface area (Å²) in [5, 5.41) is 2.24. The summed E-state index contributed by atoms with van der Waals surface area (Å²) in [6.07, 6.45) is -0.138. The highest BCUT2D eigenvalue weighted by molar-refractivity contribution is 7.91. The second-order valence-electron chi connectivity index (χ2n) is 5.00. The molecule has 2 rings (SSSR count). The van der Waals surface area contributed by atoms with Crippen LogP contribution in [0, 0.1) is 0 Å². The van der Waals surface area contributed by atoms with Gasteiger partial charge in [0.25, 0.3) is 0 Å². The molecule has 114 valence electrons. The molecule has 0 aliphatic heterocycles. The Labute approximate surface area is 122 Å². The van der Waals surface area contributed by atoms with Gasteiger partial charge in [-0.25, -0.2) is 8.42 Å². The molecule has 21 heavy (non-hydrogen) atoms. The fourth-order valence-corrected chi connectivity index (χ4v) is 2.84. The maximum atomic E-state index is 12.1. The molecule has 1 amide bonds. The Morgan fingerprint density at radius 1 is 1.43 bits per heavy atom. The highest BCUT2D eigenvalue weighted by atomic mass is 32.2. The third kappa shape index (κ3) is 3.72. The molecule has 2 aromatic rings. The van der Waals surface area contributed by atoms with Gasteiger partial charge in [0.2, 0.25) is 15.7 Å². The van der Waals surface area contributed by atoms with E-state index in [0.29, 0.717) is 16.8 Å². The molecule has 0 aliphatic carbocycles. The average molecular weight is 311 g/mol. The van der Waals surface area contributed by atoms with Gasteiger partial charge in [0, 0.05) is 24.2 Å². The van der Waals surface area contributed by atoms with Gasteiger partial charge in [-0.3, -0.25) is 4.79 Å². The zero-order chi connectivity index (χ0) is 15.6. The number of benzene rings is 1. The number of rotatable bonds is 5. The lowest BCUT2D eigenvalue weighted by Crippen LogP contribution is -2.31. The molecular formula is C13H17N3O4S. The molecule has 0 fully saturated rings. The predicted molar refractivity (Wildman–Crippen MR) is 78.4 cm³/mol. The minimum Gasteiger partial charge on any atom is -0.428 e. The first kappa shape index (κ1) is 15.3. The Morgan fingerprint density at radius 2 is 2.14 bits per heavy atom. The first-order chi connectivity index (χ1) is 9.78. The van der Waals surface area contributed by atoms with Crippen molar-refractivity contribution in [2.24, 2.45) is 0 Å². The number of nitrogens with zero attached hydrogens (tertiary/aromatic N) is 1. The summed E-state index contributed by atoms with van der Waals surface area (Å²) in [7, 11) is -3.75. The van der Waals surface area contributed by atoms with Crippen LogP contribution in [0.25, 0.3) is 11.1 Å². The van der Waals surface area contributed by atoms with Gasteiger partial charge in [-0.2, -0.15) is 4.98 Å². The number of anilines is 1. The second-order valence-corrected chi connectivity index (χ2v) is 6.99. The fraction of sp³-hybridized carbons (Fsp3) is 0.385. The monoisotopic (exact) mass is 311 g/mol. The van der Waals surface area contributed by atoms with Crippen LogP contribution in [-0.2, 0) is 14.6 Å².